The van der Waals surface area contributed by atoms with Crippen LogP contribution in [0.15, 0.2) is 122 Å². The summed E-state index contributed by atoms with van der Waals surface area (Å²) in [5, 5.41) is 2.98. The fourth-order valence-electron chi connectivity index (χ4n) is 7.42. The number of ether oxygens (including phenoxy) is 1. The third kappa shape index (κ3) is 53.1. The van der Waals surface area contributed by atoms with Crippen molar-refractivity contribution in [2.75, 3.05) is 40.9 Å². The Bertz CT molecular complexity index is 1660. The molecule has 0 aromatic rings. The Hall–Kier alpha value is -3.59. The highest BCUT2D eigenvalue weighted by molar-refractivity contribution is 7.45. The third-order valence-corrected chi connectivity index (χ3v) is 12.8. The van der Waals surface area contributed by atoms with Crippen molar-refractivity contribution >= 4 is 19.7 Å². The molecule has 1 N–H and O–H groups in total. The molecule has 0 aliphatic rings. The summed E-state index contributed by atoms with van der Waals surface area (Å²) < 4.78 is 30.1. The topological polar surface area (TPSA) is 114 Å². The van der Waals surface area contributed by atoms with Gasteiger partial charge in [0.05, 0.1) is 33.8 Å². The summed E-state index contributed by atoms with van der Waals surface area (Å²) in [6, 6.07) is -0.935. The van der Waals surface area contributed by atoms with Gasteiger partial charge in [-0.25, -0.2) is 0 Å². The van der Waals surface area contributed by atoms with E-state index in [1.165, 1.54) is 70.6 Å². The molecule has 0 saturated heterocycles. The number of carbonyl (C=O) groups excluding carboxylic acids is 2. The highest BCUT2D eigenvalue weighted by Gasteiger charge is 2.27. The number of nitrogens with zero attached hydrogens (tertiary/aromatic N) is 1. The minimum Gasteiger partial charge on any atom is -0.756 e. The Balaban J connectivity index is 5.47. The van der Waals surface area contributed by atoms with Crippen molar-refractivity contribution in [1.29, 1.82) is 0 Å². The zero-order chi connectivity index (χ0) is 53.6. The van der Waals surface area contributed by atoms with E-state index in [1.54, 1.807) is 6.08 Å². The summed E-state index contributed by atoms with van der Waals surface area (Å²) in [5.41, 5.74) is 0. The highest BCUT2D eigenvalue weighted by Crippen LogP contribution is 2.38. The molecular formula is C63H107N2O7P. The predicted molar refractivity (Wildman–Crippen MR) is 311 cm³/mol. The molecule has 9 nitrogen and oxygen atoms in total. The SMILES string of the molecule is CC/C=C\C/C=C\C/C=C\C/C=C\C/C=C\CCCCCC(=O)NC(COP(=O)([O-])OCC[N+](C)(C)C)C(/C=C/CCCCCCCCCCC)OC(=O)CCC/C=C\C/C=C\C/C=C\C/C=C\CCCCC. The Morgan fingerprint density at radius 2 is 0.890 bits per heavy atom. The molecule has 10 heteroatoms. The smallest absolute Gasteiger partial charge is 0.306 e. The number of hydrogen-bond acceptors (Lipinski definition) is 7. The molecule has 0 aliphatic carbocycles. The standard InChI is InChI=1S/C63H107N2O7P/c1-7-10-13-16-19-22-25-27-29-31-32-34-35-37-40-43-46-49-52-55-62(66)64-60(59-71-73(68,69)70-58-57-65(4,5)6)61(54-51-48-45-42-39-24-21-18-15-12-9-3)72-63(67)56-53-50-47-44-41-38-36-33-30-28-26-23-20-17-14-11-8-2/h10,13,19-20,22-23,27-30,32,34,36-38,40,44,47,51,54,60-61H,7-9,11-12,14-18,21,24-26,31,33,35,39,41-43,45-46,48-50,52-53,55-59H2,1-6H3,(H-,64,66,68,69)/b13-10-,22-19-,23-20-,29-27-,30-28-,34-32-,38-36-,40-37-,47-44-,54-51+. The number of carbonyl (C=O) groups is 2. The lowest BCUT2D eigenvalue weighted by Gasteiger charge is -2.30. The molecule has 0 aromatic heterocycles. The summed E-state index contributed by atoms with van der Waals surface area (Å²) in [6.45, 7) is 6.60. The largest absolute Gasteiger partial charge is 0.756 e. The number of nitrogens with one attached hydrogen (secondary N) is 1. The average molecular weight is 1040 g/mol. The third-order valence-electron chi connectivity index (χ3n) is 11.9. The van der Waals surface area contributed by atoms with Crippen LogP contribution in [0.4, 0.5) is 0 Å². The zero-order valence-electron chi connectivity index (χ0n) is 47.3. The van der Waals surface area contributed by atoms with Gasteiger partial charge in [0, 0.05) is 12.8 Å². The van der Waals surface area contributed by atoms with Gasteiger partial charge >= 0.3 is 5.97 Å². The van der Waals surface area contributed by atoms with Crippen LogP contribution < -0.4 is 10.2 Å². The fraction of sp³-hybridized carbons (Fsp3) is 0.651. The Kier molecular flexibility index (Phi) is 49.3. The minimum absolute atomic E-state index is 0.0442. The van der Waals surface area contributed by atoms with E-state index in [1.807, 2.05) is 27.2 Å². The van der Waals surface area contributed by atoms with Crippen molar-refractivity contribution in [2.45, 2.75) is 226 Å². The van der Waals surface area contributed by atoms with Crippen molar-refractivity contribution in [2.24, 2.45) is 0 Å². The van der Waals surface area contributed by atoms with E-state index in [0.29, 0.717) is 23.9 Å². The molecule has 0 heterocycles. The zero-order valence-corrected chi connectivity index (χ0v) is 48.2. The molecular weight excluding hydrogens is 928 g/mol. The maximum absolute atomic E-state index is 13.5. The number of phosphoric acid groups is 1. The van der Waals surface area contributed by atoms with Gasteiger partial charge in [0.2, 0.25) is 5.91 Å². The van der Waals surface area contributed by atoms with Crippen LogP contribution in [0.1, 0.15) is 213 Å². The van der Waals surface area contributed by atoms with E-state index < -0.39 is 32.5 Å². The number of rotatable bonds is 50. The molecule has 0 aliphatic heterocycles. The van der Waals surface area contributed by atoms with Crippen LogP contribution in [0.2, 0.25) is 0 Å². The Labute approximate surface area is 448 Å². The van der Waals surface area contributed by atoms with Gasteiger partial charge in [0.1, 0.15) is 19.3 Å². The molecule has 0 saturated carbocycles. The van der Waals surface area contributed by atoms with Gasteiger partial charge in [-0.1, -0.05) is 207 Å². The lowest BCUT2D eigenvalue weighted by molar-refractivity contribution is -0.870. The minimum atomic E-state index is -4.72. The van der Waals surface area contributed by atoms with E-state index in [0.717, 1.165) is 96.3 Å². The second-order valence-corrected chi connectivity index (χ2v) is 21.5. The van der Waals surface area contributed by atoms with Crippen LogP contribution in [0.3, 0.4) is 0 Å². The number of likely N-dealkylation sites (N-methyl/N-ethyl adjacent to an activating group) is 1. The van der Waals surface area contributed by atoms with Crippen LogP contribution in [-0.4, -0.2) is 69.4 Å². The second-order valence-electron chi connectivity index (χ2n) is 20.1. The number of esters is 1. The first-order valence-electron chi connectivity index (χ1n) is 28.8. The predicted octanol–water partition coefficient (Wildman–Crippen LogP) is 16.9. The number of phosphoric ester groups is 1. The van der Waals surface area contributed by atoms with Gasteiger partial charge in [0.15, 0.2) is 0 Å². The molecule has 1 amide bonds. The van der Waals surface area contributed by atoms with Gasteiger partial charge in [-0.3, -0.25) is 14.2 Å². The summed E-state index contributed by atoms with van der Waals surface area (Å²) in [4.78, 5) is 39.8. The van der Waals surface area contributed by atoms with Crippen LogP contribution >= 0.6 is 7.82 Å². The molecule has 0 aromatic carbocycles. The molecule has 0 spiro atoms. The van der Waals surface area contributed by atoms with Gasteiger partial charge in [-0.2, -0.15) is 0 Å². The van der Waals surface area contributed by atoms with Crippen molar-refractivity contribution in [3.8, 4) is 0 Å². The lowest BCUT2D eigenvalue weighted by atomic mass is 10.1. The van der Waals surface area contributed by atoms with Crippen molar-refractivity contribution in [3.63, 3.8) is 0 Å². The Morgan fingerprint density at radius 1 is 0.493 bits per heavy atom. The summed E-state index contributed by atoms with van der Waals surface area (Å²) in [5.74, 6) is -0.656. The summed E-state index contributed by atoms with van der Waals surface area (Å²) >= 11 is 0. The summed E-state index contributed by atoms with van der Waals surface area (Å²) in [7, 11) is 1.11. The molecule has 416 valence electrons. The highest BCUT2D eigenvalue weighted by atomic mass is 31.2. The van der Waals surface area contributed by atoms with Crippen LogP contribution in [0, 0.1) is 0 Å². The first-order valence-corrected chi connectivity index (χ1v) is 30.3. The molecule has 3 unspecified atom stereocenters. The van der Waals surface area contributed by atoms with Crippen LogP contribution in [-0.2, 0) is 27.9 Å². The number of amides is 1. The average Bonchev–Trinajstić information content (AvgIpc) is 3.35. The summed E-state index contributed by atoms with van der Waals surface area (Å²) in [6.07, 6.45) is 71.7. The first-order chi connectivity index (χ1) is 35.4. The second kappa shape index (κ2) is 51.9. The van der Waals surface area contributed by atoms with E-state index >= 15 is 0 Å². The van der Waals surface area contributed by atoms with Gasteiger partial charge < -0.3 is 28.5 Å². The van der Waals surface area contributed by atoms with E-state index in [-0.39, 0.29) is 25.4 Å². The van der Waals surface area contributed by atoms with E-state index in [2.05, 4.69) is 135 Å². The molecule has 0 fully saturated rings. The number of unbranched alkanes of at least 4 members (excludes halogenated alkanes) is 16. The van der Waals surface area contributed by atoms with Gasteiger partial charge in [-0.15, -0.1) is 0 Å². The molecule has 0 rings (SSSR count). The van der Waals surface area contributed by atoms with Gasteiger partial charge in [0.25, 0.3) is 7.82 Å². The van der Waals surface area contributed by atoms with E-state index in [4.69, 9.17) is 13.8 Å². The van der Waals surface area contributed by atoms with Crippen molar-refractivity contribution in [3.05, 3.63) is 122 Å². The van der Waals surface area contributed by atoms with Gasteiger partial charge in [-0.05, 0) is 115 Å². The number of hydrogen-bond donors (Lipinski definition) is 1. The number of quaternary nitrogens is 1. The Morgan fingerprint density at radius 3 is 1.37 bits per heavy atom. The maximum atomic E-state index is 13.5. The quantitative estimate of drug-likeness (QED) is 0.0212. The normalized spacial score (nSPS) is 14.7. The van der Waals surface area contributed by atoms with Crippen LogP contribution in [0.25, 0.3) is 0 Å². The first kappa shape index (κ1) is 69.4. The van der Waals surface area contributed by atoms with Crippen molar-refractivity contribution < 1.29 is 37.3 Å². The molecule has 73 heavy (non-hydrogen) atoms. The van der Waals surface area contributed by atoms with Crippen molar-refractivity contribution in [1.82, 2.24) is 5.32 Å². The molecule has 0 bridgehead atoms. The monoisotopic (exact) mass is 1030 g/mol. The van der Waals surface area contributed by atoms with Crippen LogP contribution in [0.5, 0.6) is 0 Å². The molecule has 0 radical (unpaired) electrons. The fourth-order valence-corrected chi connectivity index (χ4v) is 8.14. The lowest BCUT2D eigenvalue weighted by Crippen LogP contribution is -2.47. The van der Waals surface area contributed by atoms with E-state index in [9.17, 15) is 19.0 Å². The number of allylic oxidation sites excluding steroid dienone is 19. The maximum Gasteiger partial charge on any atom is 0.306 e. The molecule has 3 atom stereocenters.